The molecule has 0 atom stereocenters. The zero-order valence-electron chi connectivity index (χ0n) is 20.9. The van der Waals surface area contributed by atoms with Crippen LogP contribution >= 0.6 is 0 Å². The Morgan fingerprint density at radius 2 is 1.46 bits per heavy atom. The molecule has 0 radical (unpaired) electrons. The summed E-state index contributed by atoms with van der Waals surface area (Å²) in [5, 5.41) is 2.48. The number of sulfonamides is 2. The van der Waals surface area contributed by atoms with Crippen LogP contribution in [0.2, 0.25) is 0 Å². The molecule has 210 valence electrons. The molecular formula is C25H26F3N3O6S2. The van der Waals surface area contributed by atoms with Crippen LogP contribution in [0.5, 0.6) is 5.75 Å². The molecule has 0 saturated heterocycles. The van der Waals surface area contributed by atoms with Gasteiger partial charge in [0.05, 0.1) is 27.6 Å². The Morgan fingerprint density at radius 1 is 0.846 bits per heavy atom. The van der Waals surface area contributed by atoms with Crippen LogP contribution in [0.1, 0.15) is 5.56 Å². The summed E-state index contributed by atoms with van der Waals surface area (Å²) in [6.45, 7) is -0.880. The van der Waals surface area contributed by atoms with Gasteiger partial charge in [0.15, 0.2) is 0 Å². The van der Waals surface area contributed by atoms with Crippen molar-refractivity contribution in [3.05, 3.63) is 84.4 Å². The zero-order valence-corrected chi connectivity index (χ0v) is 22.6. The van der Waals surface area contributed by atoms with Crippen LogP contribution < -0.4 is 14.4 Å². The molecule has 39 heavy (non-hydrogen) atoms. The fraction of sp³-hybridized carbons (Fsp3) is 0.240. The van der Waals surface area contributed by atoms with Crippen LogP contribution in [0.15, 0.2) is 88.7 Å². The smallest absolute Gasteiger partial charge is 0.416 e. The van der Waals surface area contributed by atoms with Gasteiger partial charge in [0.2, 0.25) is 15.9 Å². The summed E-state index contributed by atoms with van der Waals surface area (Å²) in [5.41, 5.74) is -1.39. The summed E-state index contributed by atoms with van der Waals surface area (Å²) in [6, 6.07) is 16.4. The number of hydrogen-bond donors (Lipinski definition) is 1. The topological polar surface area (TPSA) is 113 Å². The quantitative estimate of drug-likeness (QED) is 0.346. The summed E-state index contributed by atoms with van der Waals surface area (Å²) in [6.07, 6.45) is -4.72. The Hall–Kier alpha value is -3.62. The van der Waals surface area contributed by atoms with Crippen molar-refractivity contribution in [2.75, 3.05) is 38.1 Å². The highest BCUT2D eigenvalue weighted by Gasteiger charge is 2.33. The molecule has 1 amide bonds. The van der Waals surface area contributed by atoms with Gasteiger partial charge in [-0.3, -0.25) is 9.10 Å². The number of amides is 1. The molecule has 0 spiro atoms. The highest BCUT2D eigenvalue weighted by Crippen LogP contribution is 2.33. The first-order chi connectivity index (χ1) is 18.2. The van der Waals surface area contributed by atoms with E-state index in [-0.39, 0.29) is 28.6 Å². The second kappa shape index (κ2) is 12.1. The number of hydrogen-bond acceptors (Lipinski definition) is 6. The molecule has 0 aromatic heterocycles. The second-order valence-corrected chi connectivity index (χ2v) is 12.3. The second-order valence-electron chi connectivity index (χ2n) is 8.33. The summed E-state index contributed by atoms with van der Waals surface area (Å²) in [5.74, 6) is -0.442. The highest BCUT2D eigenvalue weighted by molar-refractivity contribution is 7.92. The third-order valence-corrected chi connectivity index (χ3v) is 8.99. The van der Waals surface area contributed by atoms with Gasteiger partial charge in [-0.05, 0) is 54.6 Å². The molecule has 0 aliphatic rings. The summed E-state index contributed by atoms with van der Waals surface area (Å²) in [4.78, 5) is 12.5. The van der Waals surface area contributed by atoms with Crippen molar-refractivity contribution in [3.8, 4) is 5.75 Å². The fourth-order valence-electron chi connectivity index (χ4n) is 3.34. The average Bonchev–Trinajstić information content (AvgIpc) is 2.90. The van der Waals surface area contributed by atoms with Crippen LogP contribution in [-0.4, -0.2) is 60.8 Å². The third-order valence-electron chi connectivity index (χ3n) is 5.38. The number of anilines is 1. The molecule has 3 rings (SSSR count). The van der Waals surface area contributed by atoms with E-state index in [1.165, 1.54) is 68.7 Å². The zero-order chi connectivity index (χ0) is 28.8. The fourth-order valence-corrected chi connectivity index (χ4v) is 5.67. The molecule has 14 heteroatoms. The van der Waals surface area contributed by atoms with Crippen molar-refractivity contribution in [2.24, 2.45) is 0 Å². The summed E-state index contributed by atoms with van der Waals surface area (Å²) < 4.78 is 97.8. The minimum Gasteiger partial charge on any atom is -0.492 e. The van der Waals surface area contributed by atoms with Crippen LogP contribution in [0.3, 0.4) is 0 Å². The van der Waals surface area contributed by atoms with Crippen LogP contribution in [0.25, 0.3) is 0 Å². The van der Waals surface area contributed by atoms with Crippen LogP contribution in [-0.2, 0) is 31.0 Å². The van der Waals surface area contributed by atoms with Crippen molar-refractivity contribution >= 4 is 31.6 Å². The first-order valence-electron chi connectivity index (χ1n) is 11.4. The number of benzene rings is 3. The maximum absolute atomic E-state index is 13.3. The Kier molecular flexibility index (Phi) is 9.25. The van der Waals surface area contributed by atoms with Crippen LogP contribution in [0.4, 0.5) is 18.9 Å². The Morgan fingerprint density at radius 3 is 2.05 bits per heavy atom. The molecule has 3 aromatic carbocycles. The van der Waals surface area contributed by atoms with Crippen molar-refractivity contribution in [1.29, 1.82) is 0 Å². The Bertz CT molecular complexity index is 1500. The van der Waals surface area contributed by atoms with Crippen LogP contribution in [0, 0.1) is 0 Å². The van der Waals surface area contributed by atoms with Gasteiger partial charge in [-0.1, -0.05) is 24.3 Å². The summed E-state index contributed by atoms with van der Waals surface area (Å²) in [7, 11) is -5.18. The van der Waals surface area contributed by atoms with E-state index in [1.54, 1.807) is 6.07 Å². The van der Waals surface area contributed by atoms with E-state index in [0.29, 0.717) is 16.1 Å². The van der Waals surface area contributed by atoms with Gasteiger partial charge < -0.3 is 10.1 Å². The number of ether oxygens (including phenoxy) is 1. The lowest BCUT2D eigenvalue weighted by molar-refractivity contribution is -0.137. The van der Waals surface area contributed by atoms with Crippen molar-refractivity contribution in [3.63, 3.8) is 0 Å². The highest BCUT2D eigenvalue weighted by atomic mass is 32.2. The number of nitrogens with zero attached hydrogens (tertiary/aromatic N) is 2. The Balaban J connectivity index is 1.70. The SMILES string of the molecule is CN(C)S(=O)(=O)c1ccc(OCCNC(=O)CN(c2cccc(C(F)(F)F)c2)S(=O)(=O)c2ccccc2)cc1. The number of carbonyl (C=O) groups excluding carboxylic acids is 1. The van der Waals surface area contributed by atoms with E-state index in [1.807, 2.05) is 0 Å². The molecule has 3 aromatic rings. The van der Waals surface area contributed by atoms with Gasteiger partial charge in [-0.25, -0.2) is 21.1 Å². The van der Waals surface area contributed by atoms with Crippen molar-refractivity contribution in [1.82, 2.24) is 9.62 Å². The number of carbonyl (C=O) groups is 1. The van der Waals surface area contributed by atoms with Gasteiger partial charge in [-0.15, -0.1) is 0 Å². The predicted octanol–water partition coefficient (Wildman–Crippen LogP) is 3.35. The van der Waals surface area contributed by atoms with Gasteiger partial charge in [0.25, 0.3) is 10.0 Å². The number of nitrogens with one attached hydrogen (secondary N) is 1. The van der Waals surface area contributed by atoms with Crippen molar-refractivity contribution in [2.45, 2.75) is 16.0 Å². The molecule has 9 nitrogen and oxygen atoms in total. The van der Waals surface area contributed by atoms with E-state index in [2.05, 4.69) is 5.32 Å². The lowest BCUT2D eigenvalue weighted by Gasteiger charge is -2.25. The average molecular weight is 586 g/mol. The lowest BCUT2D eigenvalue weighted by atomic mass is 10.2. The Labute approximate surface area is 224 Å². The summed E-state index contributed by atoms with van der Waals surface area (Å²) >= 11 is 0. The van der Waals surface area contributed by atoms with Gasteiger partial charge in [0, 0.05) is 14.1 Å². The van der Waals surface area contributed by atoms with Gasteiger partial charge in [0.1, 0.15) is 18.9 Å². The molecule has 0 aliphatic carbocycles. The van der Waals surface area contributed by atoms with E-state index >= 15 is 0 Å². The largest absolute Gasteiger partial charge is 0.492 e. The van der Waals surface area contributed by atoms with E-state index in [4.69, 9.17) is 4.74 Å². The molecule has 0 bridgehead atoms. The first kappa shape index (κ1) is 29.9. The first-order valence-corrected chi connectivity index (χ1v) is 14.3. The van der Waals surface area contributed by atoms with E-state index < -0.39 is 44.2 Å². The standard InChI is InChI=1S/C25H26F3N3O6S2/c1-30(2)38(33,34)23-13-11-21(12-14-23)37-16-15-29-24(32)18-31(39(35,36)22-9-4-3-5-10-22)20-8-6-7-19(17-20)25(26,27)28/h3-14,17H,15-16,18H2,1-2H3,(H,29,32). The minimum atomic E-state index is -4.72. The van der Waals surface area contributed by atoms with Crippen molar-refractivity contribution < 1.29 is 39.5 Å². The number of rotatable bonds is 11. The molecule has 0 saturated carbocycles. The normalized spacial score (nSPS) is 12.3. The van der Waals surface area contributed by atoms with Gasteiger partial charge >= 0.3 is 6.18 Å². The van der Waals surface area contributed by atoms with E-state index in [9.17, 15) is 34.8 Å². The predicted molar refractivity (Wildman–Crippen MR) is 138 cm³/mol. The third kappa shape index (κ3) is 7.49. The molecule has 0 aliphatic heterocycles. The van der Waals surface area contributed by atoms with E-state index in [0.717, 1.165) is 16.4 Å². The minimum absolute atomic E-state index is 0.0412. The lowest BCUT2D eigenvalue weighted by Crippen LogP contribution is -2.42. The van der Waals surface area contributed by atoms with Gasteiger partial charge in [-0.2, -0.15) is 13.2 Å². The maximum atomic E-state index is 13.3. The maximum Gasteiger partial charge on any atom is 0.416 e. The molecule has 0 fully saturated rings. The molecule has 0 heterocycles. The molecule has 0 unspecified atom stereocenters. The molecular weight excluding hydrogens is 559 g/mol. The number of halogens is 3. The monoisotopic (exact) mass is 585 g/mol. The number of alkyl halides is 3. The molecule has 1 N–H and O–H groups in total.